The smallest absolute Gasteiger partial charge is 0.326 e. The van der Waals surface area contributed by atoms with E-state index in [9.17, 15) is 14.4 Å². The highest BCUT2D eigenvalue weighted by Crippen LogP contribution is 2.00. The minimum atomic E-state index is -1.20. The summed E-state index contributed by atoms with van der Waals surface area (Å²) in [5, 5.41) is 11.4. The lowest BCUT2D eigenvalue weighted by atomic mass is 10.2. The first-order valence-electron chi connectivity index (χ1n) is 6.53. The molecule has 2 heterocycles. The highest BCUT2D eigenvalue weighted by Gasteiger charge is 2.22. The summed E-state index contributed by atoms with van der Waals surface area (Å²) >= 11 is 0. The second-order valence-corrected chi connectivity index (χ2v) is 4.55. The molecule has 0 saturated carbocycles. The Kier molecular flexibility index (Phi) is 4.84. The number of carboxylic acids is 1. The lowest BCUT2D eigenvalue weighted by Gasteiger charge is -2.13. The van der Waals surface area contributed by atoms with Crippen LogP contribution >= 0.6 is 0 Å². The fourth-order valence-corrected chi connectivity index (χ4v) is 1.91. The van der Waals surface area contributed by atoms with E-state index in [4.69, 9.17) is 9.84 Å². The number of aliphatic carboxylic acids is 1. The quantitative estimate of drug-likeness (QED) is 0.772. The number of pyridine rings is 1. The van der Waals surface area contributed by atoms with Gasteiger partial charge < -0.3 is 15.2 Å². The van der Waals surface area contributed by atoms with Gasteiger partial charge in [0.1, 0.15) is 17.3 Å². The summed E-state index contributed by atoms with van der Waals surface area (Å²) in [6, 6.07) is 3.84. The van der Waals surface area contributed by atoms with E-state index in [0.29, 0.717) is 5.65 Å². The molecule has 2 aromatic heterocycles. The Balaban J connectivity index is 2.27. The summed E-state index contributed by atoms with van der Waals surface area (Å²) in [5.41, 5.74) is -0.371. The van der Waals surface area contributed by atoms with Crippen LogP contribution in [0, 0.1) is 0 Å². The Morgan fingerprint density at radius 3 is 2.91 bits per heavy atom. The Morgan fingerprint density at radius 2 is 2.23 bits per heavy atom. The molecule has 0 fully saturated rings. The molecule has 2 N–H and O–H groups in total. The van der Waals surface area contributed by atoms with Crippen molar-refractivity contribution in [3.63, 3.8) is 0 Å². The first-order chi connectivity index (χ1) is 10.5. The number of carbonyl (C=O) groups excluding carboxylic acids is 1. The van der Waals surface area contributed by atoms with E-state index < -0.39 is 23.5 Å². The number of carboxylic acid groups (broad SMARTS) is 1. The van der Waals surface area contributed by atoms with Crippen molar-refractivity contribution in [2.24, 2.45) is 0 Å². The molecular formula is C14H15N3O5. The van der Waals surface area contributed by atoms with Gasteiger partial charge in [-0.15, -0.1) is 0 Å². The Labute approximate surface area is 125 Å². The molecule has 8 heteroatoms. The molecule has 0 spiro atoms. The number of hydrogen-bond donors (Lipinski definition) is 2. The predicted molar refractivity (Wildman–Crippen MR) is 76.8 cm³/mol. The van der Waals surface area contributed by atoms with Crippen molar-refractivity contribution in [2.75, 3.05) is 13.7 Å². The monoisotopic (exact) mass is 305 g/mol. The number of carbonyl (C=O) groups is 2. The molecule has 0 saturated heterocycles. The molecule has 22 heavy (non-hydrogen) atoms. The van der Waals surface area contributed by atoms with E-state index in [1.807, 2.05) is 0 Å². The maximum absolute atomic E-state index is 12.2. The van der Waals surface area contributed by atoms with E-state index >= 15 is 0 Å². The molecule has 8 nitrogen and oxygen atoms in total. The van der Waals surface area contributed by atoms with Crippen molar-refractivity contribution < 1.29 is 19.4 Å². The second kappa shape index (κ2) is 6.81. The molecule has 0 radical (unpaired) electrons. The van der Waals surface area contributed by atoms with Crippen LogP contribution in [-0.4, -0.2) is 46.1 Å². The molecule has 1 amide bonds. The Bertz CT molecular complexity index is 755. The highest BCUT2D eigenvalue weighted by atomic mass is 16.5. The van der Waals surface area contributed by atoms with Gasteiger partial charge in [-0.3, -0.25) is 14.0 Å². The van der Waals surface area contributed by atoms with Crippen LogP contribution in [0.5, 0.6) is 0 Å². The van der Waals surface area contributed by atoms with Gasteiger partial charge in [0.15, 0.2) is 0 Å². The molecule has 0 aliphatic rings. The average Bonchev–Trinajstić information content (AvgIpc) is 2.51. The average molecular weight is 305 g/mol. The Hall–Kier alpha value is -2.74. The van der Waals surface area contributed by atoms with Gasteiger partial charge in [0.25, 0.3) is 11.5 Å². The SMILES string of the molecule is COCCC(NC(=O)c1cnc2ccccn2c1=O)C(=O)O. The molecule has 1 atom stereocenters. The van der Waals surface area contributed by atoms with E-state index in [1.54, 1.807) is 18.2 Å². The molecule has 2 aromatic rings. The van der Waals surface area contributed by atoms with Crippen molar-refractivity contribution in [3.05, 3.63) is 46.5 Å². The predicted octanol–water partition coefficient (Wildman–Crippen LogP) is -0.0860. The summed E-state index contributed by atoms with van der Waals surface area (Å²) < 4.78 is 6.02. The van der Waals surface area contributed by atoms with Crippen LogP contribution < -0.4 is 10.9 Å². The van der Waals surface area contributed by atoms with Crippen molar-refractivity contribution in [2.45, 2.75) is 12.5 Å². The number of nitrogens with zero attached hydrogens (tertiary/aromatic N) is 2. The summed E-state index contributed by atoms with van der Waals surface area (Å²) in [5.74, 6) is -1.97. The maximum atomic E-state index is 12.2. The lowest BCUT2D eigenvalue weighted by molar-refractivity contribution is -0.139. The first kappa shape index (κ1) is 15.6. The van der Waals surface area contributed by atoms with Crippen LogP contribution in [0.2, 0.25) is 0 Å². The van der Waals surface area contributed by atoms with Gasteiger partial charge in [0.05, 0.1) is 0 Å². The normalized spacial score (nSPS) is 12.0. The van der Waals surface area contributed by atoms with Crippen LogP contribution in [0.25, 0.3) is 5.65 Å². The van der Waals surface area contributed by atoms with E-state index in [1.165, 1.54) is 17.7 Å². The second-order valence-electron chi connectivity index (χ2n) is 4.55. The van der Waals surface area contributed by atoms with Crippen LogP contribution in [0.4, 0.5) is 0 Å². The number of fused-ring (bicyclic) bond motifs is 1. The van der Waals surface area contributed by atoms with Crippen LogP contribution in [0.15, 0.2) is 35.4 Å². The fraction of sp³-hybridized carbons (Fsp3) is 0.286. The van der Waals surface area contributed by atoms with Gasteiger partial charge in [-0.05, 0) is 12.1 Å². The van der Waals surface area contributed by atoms with Crippen molar-refractivity contribution in [1.82, 2.24) is 14.7 Å². The van der Waals surface area contributed by atoms with E-state index in [-0.39, 0.29) is 18.6 Å². The third-order valence-corrected chi connectivity index (χ3v) is 3.07. The standard InChI is InChI=1S/C14H15N3O5/c1-22-7-5-10(14(20)21)16-12(18)9-8-15-11-4-2-3-6-17(11)13(9)19/h2-4,6,8,10H,5,7H2,1H3,(H,16,18)(H,20,21). The number of rotatable bonds is 6. The first-order valence-corrected chi connectivity index (χ1v) is 6.53. The Morgan fingerprint density at radius 1 is 1.45 bits per heavy atom. The van der Waals surface area contributed by atoms with Crippen LogP contribution in [0.1, 0.15) is 16.8 Å². The molecule has 0 aliphatic carbocycles. The largest absolute Gasteiger partial charge is 0.480 e. The molecule has 2 rings (SSSR count). The number of amides is 1. The number of nitrogens with one attached hydrogen (secondary N) is 1. The molecule has 1 unspecified atom stereocenters. The van der Waals surface area contributed by atoms with Gasteiger partial charge in [-0.1, -0.05) is 6.07 Å². The summed E-state index contributed by atoms with van der Waals surface area (Å²) in [6.45, 7) is 0.173. The zero-order valence-electron chi connectivity index (χ0n) is 11.9. The lowest BCUT2D eigenvalue weighted by Crippen LogP contribution is -2.43. The zero-order valence-corrected chi connectivity index (χ0v) is 11.9. The van der Waals surface area contributed by atoms with Gasteiger partial charge in [0, 0.05) is 32.5 Å². The third-order valence-electron chi connectivity index (χ3n) is 3.07. The third kappa shape index (κ3) is 3.29. The summed E-state index contributed by atoms with van der Waals surface area (Å²) in [4.78, 5) is 39.5. The van der Waals surface area contributed by atoms with Gasteiger partial charge in [-0.2, -0.15) is 0 Å². The minimum absolute atomic E-state index is 0.0971. The maximum Gasteiger partial charge on any atom is 0.326 e. The zero-order chi connectivity index (χ0) is 16.1. The minimum Gasteiger partial charge on any atom is -0.480 e. The summed E-state index contributed by atoms with van der Waals surface area (Å²) in [6.07, 6.45) is 2.73. The summed E-state index contributed by atoms with van der Waals surface area (Å²) in [7, 11) is 1.43. The van der Waals surface area contributed by atoms with Crippen molar-refractivity contribution in [1.29, 1.82) is 0 Å². The van der Waals surface area contributed by atoms with Crippen LogP contribution in [0.3, 0.4) is 0 Å². The van der Waals surface area contributed by atoms with Crippen LogP contribution in [-0.2, 0) is 9.53 Å². The number of methoxy groups -OCH3 is 1. The van der Waals surface area contributed by atoms with E-state index in [0.717, 1.165) is 6.20 Å². The number of hydrogen-bond acceptors (Lipinski definition) is 5. The van der Waals surface area contributed by atoms with Gasteiger partial charge in [-0.25, -0.2) is 9.78 Å². The van der Waals surface area contributed by atoms with Gasteiger partial charge >= 0.3 is 5.97 Å². The topological polar surface area (TPSA) is 110 Å². The van der Waals surface area contributed by atoms with Gasteiger partial charge in [0.2, 0.25) is 0 Å². The fourth-order valence-electron chi connectivity index (χ4n) is 1.91. The van der Waals surface area contributed by atoms with Crippen molar-refractivity contribution >= 4 is 17.5 Å². The molecular weight excluding hydrogens is 290 g/mol. The highest BCUT2D eigenvalue weighted by molar-refractivity contribution is 5.96. The molecule has 0 bridgehead atoms. The number of ether oxygens (including phenoxy) is 1. The molecule has 0 aliphatic heterocycles. The van der Waals surface area contributed by atoms with E-state index in [2.05, 4.69) is 10.3 Å². The van der Waals surface area contributed by atoms with Crippen molar-refractivity contribution in [3.8, 4) is 0 Å². The molecule has 0 aromatic carbocycles. The number of aromatic nitrogens is 2. The molecule has 116 valence electrons.